The standard InChI is InChI=1S/C11H7BrClIN2O2S/c12-7-5-10(11(13)15-6-7)19(17,18)16-9-4-2-1-3-8(9)14/h1-6,16H. The lowest BCUT2D eigenvalue weighted by atomic mass is 10.3. The number of nitrogens with one attached hydrogen (secondary N) is 1. The van der Waals surface area contributed by atoms with Gasteiger partial charge in [0.05, 0.1) is 5.69 Å². The van der Waals surface area contributed by atoms with E-state index in [-0.39, 0.29) is 10.0 Å². The van der Waals surface area contributed by atoms with Crippen LogP contribution in [0.15, 0.2) is 45.9 Å². The summed E-state index contributed by atoms with van der Waals surface area (Å²) < 4.78 is 28.4. The molecule has 0 aliphatic carbocycles. The summed E-state index contributed by atoms with van der Waals surface area (Å²) in [5.41, 5.74) is 0.499. The molecule has 8 heteroatoms. The Bertz CT molecular complexity index is 724. The molecule has 1 aromatic heterocycles. The van der Waals surface area contributed by atoms with Crippen LogP contribution in [-0.2, 0) is 10.0 Å². The Labute approximate surface area is 137 Å². The van der Waals surface area contributed by atoms with Crippen molar-refractivity contribution in [1.29, 1.82) is 0 Å². The third-order valence-corrected chi connectivity index (χ3v) is 5.35. The number of para-hydroxylation sites is 1. The second kappa shape index (κ2) is 5.94. The summed E-state index contributed by atoms with van der Waals surface area (Å²) in [6.07, 6.45) is 1.44. The predicted octanol–water partition coefficient (Wildman–Crippen LogP) is 3.90. The SMILES string of the molecule is O=S(=O)(Nc1ccccc1I)c1cc(Br)cnc1Cl. The van der Waals surface area contributed by atoms with E-state index >= 15 is 0 Å². The van der Waals surface area contributed by atoms with Gasteiger partial charge in [0, 0.05) is 14.2 Å². The lowest BCUT2D eigenvalue weighted by molar-refractivity contribution is 0.601. The Hall–Kier alpha value is -0.380. The molecule has 0 unspecified atom stereocenters. The maximum atomic E-state index is 12.3. The van der Waals surface area contributed by atoms with Gasteiger partial charge in [-0.1, -0.05) is 23.7 Å². The van der Waals surface area contributed by atoms with E-state index in [2.05, 4.69) is 48.2 Å². The molecule has 1 heterocycles. The van der Waals surface area contributed by atoms with Gasteiger partial charge in [0.25, 0.3) is 10.0 Å². The van der Waals surface area contributed by atoms with Crippen LogP contribution in [0.5, 0.6) is 0 Å². The van der Waals surface area contributed by atoms with Gasteiger partial charge in [-0.25, -0.2) is 13.4 Å². The van der Waals surface area contributed by atoms with E-state index in [1.807, 2.05) is 6.07 Å². The number of nitrogens with zero attached hydrogens (tertiary/aromatic N) is 1. The van der Waals surface area contributed by atoms with E-state index < -0.39 is 10.0 Å². The fraction of sp³-hybridized carbons (Fsp3) is 0. The Morgan fingerprint density at radius 1 is 1.32 bits per heavy atom. The highest BCUT2D eigenvalue weighted by Gasteiger charge is 2.20. The van der Waals surface area contributed by atoms with Crippen molar-refractivity contribution in [2.45, 2.75) is 4.90 Å². The second-order valence-corrected chi connectivity index (χ2v) is 7.61. The number of rotatable bonds is 3. The third kappa shape index (κ3) is 3.59. The number of benzene rings is 1. The zero-order valence-electron chi connectivity index (χ0n) is 9.27. The first-order valence-corrected chi connectivity index (χ1v) is 8.72. The Balaban J connectivity index is 2.44. The topological polar surface area (TPSA) is 59.1 Å². The summed E-state index contributed by atoms with van der Waals surface area (Å²) in [5.74, 6) is 0. The fourth-order valence-corrected chi connectivity index (χ4v) is 4.07. The first kappa shape index (κ1) is 15.0. The number of hydrogen-bond acceptors (Lipinski definition) is 3. The number of anilines is 1. The molecule has 0 saturated carbocycles. The van der Waals surface area contributed by atoms with E-state index in [1.54, 1.807) is 18.2 Å². The molecule has 1 aromatic carbocycles. The van der Waals surface area contributed by atoms with E-state index in [0.717, 1.165) is 3.57 Å². The maximum Gasteiger partial charge on any atom is 0.265 e. The Morgan fingerprint density at radius 3 is 2.68 bits per heavy atom. The van der Waals surface area contributed by atoms with Gasteiger partial charge in [-0.15, -0.1) is 0 Å². The minimum atomic E-state index is -3.77. The quantitative estimate of drug-likeness (QED) is 0.544. The molecule has 19 heavy (non-hydrogen) atoms. The molecule has 0 aliphatic rings. The zero-order valence-corrected chi connectivity index (χ0v) is 14.6. The molecule has 0 amide bonds. The molecular formula is C11H7BrClIN2O2S. The largest absolute Gasteiger partial charge is 0.278 e. The van der Waals surface area contributed by atoms with Crippen LogP contribution >= 0.6 is 50.1 Å². The van der Waals surface area contributed by atoms with E-state index in [9.17, 15) is 8.42 Å². The van der Waals surface area contributed by atoms with Crippen LogP contribution in [0.2, 0.25) is 5.15 Å². The summed E-state index contributed by atoms with van der Waals surface area (Å²) in [4.78, 5) is 3.74. The lowest BCUT2D eigenvalue weighted by Gasteiger charge is -2.10. The van der Waals surface area contributed by atoms with E-state index in [0.29, 0.717) is 10.2 Å². The van der Waals surface area contributed by atoms with Gasteiger partial charge in [-0.3, -0.25) is 4.72 Å². The minimum absolute atomic E-state index is 0.0665. The fourth-order valence-electron chi connectivity index (χ4n) is 1.34. The van der Waals surface area contributed by atoms with Gasteiger partial charge in [0.15, 0.2) is 0 Å². The molecule has 0 bridgehead atoms. The van der Waals surface area contributed by atoms with Gasteiger partial charge < -0.3 is 0 Å². The van der Waals surface area contributed by atoms with E-state index in [4.69, 9.17) is 11.6 Å². The zero-order chi connectivity index (χ0) is 14.0. The van der Waals surface area contributed by atoms with Gasteiger partial charge in [0.1, 0.15) is 10.0 Å². The van der Waals surface area contributed by atoms with Crippen molar-refractivity contribution >= 4 is 65.8 Å². The average Bonchev–Trinajstić information content (AvgIpc) is 2.35. The van der Waals surface area contributed by atoms with Crippen molar-refractivity contribution < 1.29 is 8.42 Å². The summed E-state index contributed by atoms with van der Waals surface area (Å²) in [7, 11) is -3.77. The Morgan fingerprint density at radius 2 is 2.00 bits per heavy atom. The molecule has 0 spiro atoms. The predicted molar refractivity (Wildman–Crippen MR) is 86.9 cm³/mol. The molecule has 0 fully saturated rings. The number of aromatic nitrogens is 1. The molecule has 0 radical (unpaired) electrons. The van der Waals surface area contributed by atoms with Crippen LogP contribution in [-0.4, -0.2) is 13.4 Å². The summed E-state index contributed by atoms with van der Waals surface area (Å²) >= 11 is 11.1. The molecule has 2 rings (SSSR count). The normalized spacial score (nSPS) is 11.3. The van der Waals surface area contributed by atoms with Crippen molar-refractivity contribution in [2.75, 3.05) is 4.72 Å². The van der Waals surface area contributed by atoms with Gasteiger partial charge in [0.2, 0.25) is 0 Å². The Kier molecular flexibility index (Phi) is 4.70. The van der Waals surface area contributed by atoms with Crippen molar-refractivity contribution in [2.24, 2.45) is 0 Å². The van der Waals surface area contributed by atoms with Crippen LogP contribution in [0.25, 0.3) is 0 Å². The molecule has 2 aromatic rings. The molecule has 4 nitrogen and oxygen atoms in total. The molecule has 100 valence electrons. The van der Waals surface area contributed by atoms with Crippen LogP contribution in [0, 0.1) is 3.57 Å². The molecule has 0 saturated heterocycles. The average molecular weight is 474 g/mol. The van der Waals surface area contributed by atoms with Crippen LogP contribution in [0.3, 0.4) is 0 Å². The van der Waals surface area contributed by atoms with Crippen LogP contribution in [0.4, 0.5) is 5.69 Å². The summed E-state index contributed by atoms with van der Waals surface area (Å²) in [5, 5.41) is -0.0679. The number of hydrogen-bond donors (Lipinski definition) is 1. The minimum Gasteiger partial charge on any atom is -0.278 e. The summed E-state index contributed by atoms with van der Waals surface area (Å²) in [6, 6.07) is 8.47. The first-order chi connectivity index (χ1) is 8.90. The number of sulfonamides is 1. The smallest absolute Gasteiger partial charge is 0.265 e. The highest BCUT2D eigenvalue weighted by Crippen LogP contribution is 2.26. The van der Waals surface area contributed by atoms with Gasteiger partial charge >= 0.3 is 0 Å². The molecule has 0 atom stereocenters. The molecule has 1 N–H and O–H groups in total. The van der Waals surface area contributed by atoms with Crippen molar-refractivity contribution in [3.05, 3.63) is 49.7 Å². The number of pyridine rings is 1. The second-order valence-electron chi connectivity index (χ2n) is 3.53. The highest BCUT2D eigenvalue weighted by molar-refractivity contribution is 14.1. The maximum absolute atomic E-state index is 12.3. The van der Waals surface area contributed by atoms with Gasteiger partial charge in [-0.2, -0.15) is 0 Å². The highest BCUT2D eigenvalue weighted by atomic mass is 127. The van der Waals surface area contributed by atoms with Crippen LogP contribution in [0.1, 0.15) is 0 Å². The monoisotopic (exact) mass is 472 g/mol. The molecular weight excluding hydrogens is 466 g/mol. The summed E-state index contributed by atoms with van der Waals surface area (Å²) in [6.45, 7) is 0. The lowest BCUT2D eigenvalue weighted by Crippen LogP contribution is -2.14. The first-order valence-electron chi connectivity index (χ1n) is 4.98. The van der Waals surface area contributed by atoms with E-state index in [1.165, 1.54) is 12.3 Å². The van der Waals surface area contributed by atoms with Crippen molar-refractivity contribution in [1.82, 2.24) is 4.98 Å². The van der Waals surface area contributed by atoms with Crippen LogP contribution < -0.4 is 4.72 Å². The van der Waals surface area contributed by atoms with Crippen molar-refractivity contribution in [3.63, 3.8) is 0 Å². The third-order valence-electron chi connectivity index (χ3n) is 2.18. The molecule has 0 aliphatic heterocycles. The number of halogens is 3. The van der Waals surface area contributed by atoms with Crippen molar-refractivity contribution in [3.8, 4) is 0 Å². The van der Waals surface area contributed by atoms with Gasteiger partial charge in [-0.05, 0) is 56.7 Å².